The lowest BCUT2D eigenvalue weighted by Crippen LogP contribution is -2.29. The Morgan fingerprint density at radius 2 is 1.95 bits per heavy atom. The van der Waals surface area contributed by atoms with Crippen molar-refractivity contribution >= 4 is 0 Å². The van der Waals surface area contributed by atoms with Gasteiger partial charge in [-0.1, -0.05) is 19.1 Å². The Balaban J connectivity index is 2.21. The smallest absolute Gasteiger partial charge is 0.322 e. The number of hydrogen-bond donors (Lipinski definition) is 1. The third-order valence-electron chi connectivity index (χ3n) is 3.16. The Hall–Kier alpha value is -1.95. The molecule has 6 heteroatoms. The van der Waals surface area contributed by atoms with Crippen LogP contribution in [-0.4, -0.2) is 9.13 Å². The molecule has 0 amide bonds. The second kappa shape index (κ2) is 6.00. The first kappa shape index (κ1) is 14.5. The summed E-state index contributed by atoms with van der Waals surface area (Å²) in [6.45, 7) is 2.70. The maximum atomic E-state index is 13.6. The number of halogens is 2. The van der Waals surface area contributed by atoms with Crippen molar-refractivity contribution in [1.82, 2.24) is 9.13 Å². The van der Waals surface area contributed by atoms with Crippen LogP contribution in [0.5, 0.6) is 0 Å². The van der Waals surface area contributed by atoms with E-state index in [4.69, 9.17) is 5.73 Å². The first-order valence-corrected chi connectivity index (χ1v) is 6.49. The molecule has 1 unspecified atom stereocenters. The molecule has 0 saturated carbocycles. The van der Waals surface area contributed by atoms with Crippen LogP contribution in [0, 0.1) is 11.6 Å². The normalized spacial score (nSPS) is 12.6. The van der Waals surface area contributed by atoms with Crippen LogP contribution in [0.2, 0.25) is 0 Å². The number of benzene rings is 1. The van der Waals surface area contributed by atoms with E-state index in [1.54, 1.807) is 17.0 Å². The summed E-state index contributed by atoms with van der Waals surface area (Å²) in [7, 11) is 0. The highest BCUT2D eigenvalue weighted by Gasteiger charge is 2.16. The molecule has 1 atom stereocenters. The summed E-state index contributed by atoms with van der Waals surface area (Å²) in [5.74, 6) is -1.89. The van der Waals surface area contributed by atoms with Gasteiger partial charge in [-0.15, -0.1) is 0 Å². The molecule has 1 heterocycles. The SMILES string of the molecule is CCCn1ccn(CC(N)c2cccc(F)c2F)c1=O. The average Bonchev–Trinajstić information content (AvgIpc) is 2.75. The topological polar surface area (TPSA) is 52.9 Å². The van der Waals surface area contributed by atoms with Gasteiger partial charge in [-0.2, -0.15) is 0 Å². The van der Waals surface area contributed by atoms with Gasteiger partial charge in [0.2, 0.25) is 0 Å². The number of rotatable bonds is 5. The Kier molecular flexibility index (Phi) is 4.34. The zero-order chi connectivity index (χ0) is 14.7. The molecular weight excluding hydrogens is 264 g/mol. The van der Waals surface area contributed by atoms with E-state index in [1.807, 2.05) is 6.92 Å². The van der Waals surface area contributed by atoms with Crippen molar-refractivity contribution < 1.29 is 8.78 Å². The lowest BCUT2D eigenvalue weighted by molar-refractivity contribution is 0.470. The van der Waals surface area contributed by atoms with Gasteiger partial charge < -0.3 is 5.73 Å². The van der Waals surface area contributed by atoms with Crippen LogP contribution in [0.4, 0.5) is 8.78 Å². The van der Waals surface area contributed by atoms with Crippen LogP contribution >= 0.6 is 0 Å². The number of nitrogens with zero attached hydrogens (tertiary/aromatic N) is 2. The first-order chi connectivity index (χ1) is 9.54. The molecule has 20 heavy (non-hydrogen) atoms. The monoisotopic (exact) mass is 281 g/mol. The zero-order valence-electron chi connectivity index (χ0n) is 11.2. The number of aryl methyl sites for hydroxylation is 1. The quantitative estimate of drug-likeness (QED) is 0.911. The predicted molar refractivity (Wildman–Crippen MR) is 72.3 cm³/mol. The molecule has 1 aromatic heterocycles. The molecule has 0 spiro atoms. The van der Waals surface area contributed by atoms with E-state index in [0.29, 0.717) is 6.54 Å². The number of aromatic nitrogens is 2. The lowest BCUT2D eigenvalue weighted by atomic mass is 10.1. The van der Waals surface area contributed by atoms with Crippen LogP contribution < -0.4 is 11.4 Å². The van der Waals surface area contributed by atoms with Crippen molar-refractivity contribution in [1.29, 1.82) is 0 Å². The van der Waals surface area contributed by atoms with E-state index in [0.717, 1.165) is 12.5 Å². The maximum Gasteiger partial charge on any atom is 0.328 e. The fourth-order valence-electron chi connectivity index (χ4n) is 2.12. The van der Waals surface area contributed by atoms with Crippen LogP contribution in [0.3, 0.4) is 0 Å². The molecule has 108 valence electrons. The van der Waals surface area contributed by atoms with E-state index < -0.39 is 17.7 Å². The highest BCUT2D eigenvalue weighted by atomic mass is 19.2. The number of imidazole rings is 1. The van der Waals surface area contributed by atoms with Crippen LogP contribution in [0.1, 0.15) is 24.9 Å². The van der Waals surface area contributed by atoms with Crippen molar-refractivity contribution in [3.63, 3.8) is 0 Å². The summed E-state index contributed by atoms with van der Waals surface area (Å²) in [5, 5.41) is 0. The van der Waals surface area contributed by atoms with Crippen molar-refractivity contribution in [3.8, 4) is 0 Å². The van der Waals surface area contributed by atoms with Gasteiger partial charge >= 0.3 is 5.69 Å². The maximum absolute atomic E-state index is 13.6. The molecule has 0 saturated heterocycles. The largest absolute Gasteiger partial charge is 0.328 e. The van der Waals surface area contributed by atoms with Gasteiger partial charge in [0.1, 0.15) is 0 Å². The Bertz CT molecular complexity index is 648. The number of hydrogen-bond acceptors (Lipinski definition) is 2. The molecule has 2 N–H and O–H groups in total. The van der Waals surface area contributed by atoms with Crippen molar-refractivity contribution in [2.45, 2.75) is 32.5 Å². The van der Waals surface area contributed by atoms with Gasteiger partial charge in [-0.05, 0) is 12.5 Å². The molecule has 2 rings (SSSR count). The van der Waals surface area contributed by atoms with Gasteiger partial charge in [0, 0.05) is 31.0 Å². The van der Waals surface area contributed by atoms with Crippen LogP contribution in [0.25, 0.3) is 0 Å². The second-order valence-corrected chi connectivity index (χ2v) is 4.68. The third-order valence-corrected chi connectivity index (χ3v) is 3.16. The molecular formula is C14H17F2N3O. The van der Waals surface area contributed by atoms with Gasteiger partial charge in [-0.3, -0.25) is 9.13 Å². The van der Waals surface area contributed by atoms with Crippen molar-refractivity contribution in [3.05, 3.63) is 58.3 Å². The lowest BCUT2D eigenvalue weighted by Gasteiger charge is -2.13. The molecule has 0 fully saturated rings. The molecule has 0 radical (unpaired) electrons. The van der Waals surface area contributed by atoms with Gasteiger partial charge in [0.15, 0.2) is 11.6 Å². The molecule has 0 bridgehead atoms. The summed E-state index contributed by atoms with van der Waals surface area (Å²) in [6, 6.07) is 3.09. The van der Waals surface area contributed by atoms with E-state index >= 15 is 0 Å². The number of nitrogens with two attached hydrogens (primary N) is 1. The van der Waals surface area contributed by atoms with Gasteiger partial charge in [0.25, 0.3) is 0 Å². The Morgan fingerprint density at radius 1 is 1.25 bits per heavy atom. The highest BCUT2D eigenvalue weighted by Crippen LogP contribution is 2.18. The first-order valence-electron chi connectivity index (χ1n) is 6.49. The molecule has 0 aliphatic carbocycles. The minimum Gasteiger partial charge on any atom is -0.322 e. The van der Waals surface area contributed by atoms with E-state index in [-0.39, 0.29) is 17.8 Å². The molecule has 1 aromatic carbocycles. The van der Waals surface area contributed by atoms with Gasteiger partial charge in [-0.25, -0.2) is 13.6 Å². The molecule has 0 aliphatic heterocycles. The van der Waals surface area contributed by atoms with E-state index in [1.165, 1.54) is 16.7 Å². The Labute approximate surface area is 115 Å². The van der Waals surface area contributed by atoms with Crippen LogP contribution in [-0.2, 0) is 13.1 Å². The average molecular weight is 281 g/mol. The fourth-order valence-corrected chi connectivity index (χ4v) is 2.12. The summed E-state index contributed by atoms with van der Waals surface area (Å²) in [6.07, 6.45) is 4.12. The van der Waals surface area contributed by atoms with Crippen molar-refractivity contribution in [2.24, 2.45) is 5.73 Å². The second-order valence-electron chi connectivity index (χ2n) is 4.68. The minimum atomic E-state index is -0.957. The highest BCUT2D eigenvalue weighted by molar-refractivity contribution is 5.22. The molecule has 2 aromatic rings. The van der Waals surface area contributed by atoms with E-state index in [2.05, 4.69) is 0 Å². The summed E-state index contributed by atoms with van der Waals surface area (Å²) < 4.78 is 29.8. The predicted octanol–water partition coefficient (Wildman–Crippen LogP) is 2.04. The summed E-state index contributed by atoms with van der Waals surface area (Å²) >= 11 is 0. The molecule has 0 aliphatic rings. The summed E-state index contributed by atoms with van der Waals surface area (Å²) in [5.41, 5.74) is 5.75. The third kappa shape index (κ3) is 2.80. The van der Waals surface area contributed by atoms with Crippen LogP contribution in [0.15, 0.2) is 35.4 Å². The Morgan fingerprint density at radius 3 is 2.65 bits per heavy atom. The van der Waals surface area contributed by atoms with Crippen molar-refractivity contribution in [2.75, 3.05) is 0 Å². The molecule has 4 nitrogen and oxygen atoms in total. The standard InChI is InChI=1S/C14H17F2N3O/c1-2-6-18-7-8-19(14(18)20)9-12(17)10-4-3-5-11(15)13(10)16/h3-5,7-8,12H,2,6,9,17H2,1H3. The minimum absolute atomic E-state index is 0.0696. The van der Waals surface area contributed by atoms with E-state index in [9.17, 15) is 13.6 Å². The summed E-state index contributed by atoms with van der Waals surface area (Å²) in [4.78, 5) is 12.0. The van der Waals surface area contributed by atoms with Gasteiger partial charge in [0.05, 0.1) is 6.04 Å². The zero-order valence-corrected chi connectivity index (χ0v) is 11.2. The fraction of sp³-hybridized carbons (Fsp3) is 0.357.